The minimum Gasteiger partial charge on any atom is -0.370 e. The van der Waals surface area contributed by atoms with Crippen LogP contribution in [0.5, 0.6) is 0 Å². The molecule has 2 heterocycles. The number of aliphatic imine (C=N–C) groups is 1. The second-order valence-electron chi connectivity index (χ2n) is 5.79. The Balaban J connectivity index is 1.87. The van der Waals surface area contributed by atoms with Gasteiger partial charge in [0.05, 0.1) is 18.6 Å². The fourth-order valence-electron chi connectivity index (χ4n) is 3.86. The predicted octanol–water partition coefficient (Wildman–Crippen LogP) is 3.22. The van der Waals surface area contributed by atoms with E-state index in [0.29, 0.717) is 0 Å². The molecule has 1 aliphatic carbocycles. The molecule has 0 radical (unpaired) electrons. The third kappa shape index (κ3) is 2.16. The predicted molar refractivity (Wildman–Crippen MR) is 81.3 cm³/mol. The van der Waals surface area contributed by atoms with Gasteiger partial charge in [0, 0.05) is 4.88 Å². The Morgan fingerprint density at radius 1 is 1.53 bits per heavy atom. The van der Waals surface area contributed by atoms with E-state index in [4.69, 9.17) is 5.73 Å². The molecule has 0 saturated heterocycles. The molecule has 2 N–H and O–H groups in total. The van der Waals surface area contributed by atoms with Crippen LogP contribution < -0.4 is 5.73 Å². The summed E-state index contributed by atoms with van der Waals surface area (Å²) in [7, 11) is 0. The van der Waals surface area contributed by atoms with Crippen molar-refractivity contribution in [2.75, 3.05) is 6.54 Å². The minimum atomic E-state index is 0.209. The summed E-state index contributed by atoms with van der Waals surface area (Å²) in [6.45, 7) is 4.15. The summed E-state index contributed by atoms with van der Waals surface area (Å²) in [5, 5.41) is 2.14. The second-order valence-corrected chi connectivity index (χ2v) is 6.83. The number of hydrogen-bond donors (Lipinski definition) is 1. The summed E-state index contributed by atoms with van der Waals surface area (Å²) in [6, 6.07) is 4.32. The molecule has 1 fully saturated rings. The monoisotopic (exact) mass is 277 g/mol. The Bertz CT molecular complexity index is 454. The Morgan fingerprint density at radius 2 is 2.42 bits per heavy atom. The van der Waals surface area contributed by atoms with Crippen molar-refractivity contribution >= 4 is 17.3 Å². The molecule has 2 atom stereocenters. The summed E-state index contributed by atoms with van der Waals surface area (Å²) in [5.41, 5.74) is 6.41. The number of guanidine groups is 1. The smallest absolute Gasteiger partial charge is 0.192 e. The van der Waals surface area contributed by atoms with Gasteiger partial charge in [0.25, 0.3) is 0 Å². The van der Waals surface area contributed by atoms with Gasteiger partial charge in [-0.25, -0.2) is 0 Å². The van der Waals surface area contributed by atoms with Crippen LogP contribution in [0.4, 0.5) is 0 Å². The lowest BCUT2D eigenvalue weighted by molar-refractivity contribution is 0.0657. The molecule has 1 aromatic rings. The molecular weight excluding hydrogens is 254 g/mol. The number of hydrogen-bond acceptors (Lipinski definition) is 4. The van der Waals surface area contributed by atoms with Crippen LogP contribution in [-0.2, 0) is 6.54 Å². The first kappa shape index (κ1) is 13.0. The topological polar surface area (TPSA) is 41.6 Å². The lowest BCUT2D eigenvalue weighted by Gasteiger charge is -2.47. The van der Waals surface area contributed by atoms with E-state index in [1.54, 1.807) is 0 Å². The molecule has 3 nitrogen and oxygen atoms in total. The van der Waals surface area contributed by atoms with Crippen LogP contribution in [0.3, 0.4) is 0 Å². The van der Waals surface area contributed by atoms with Gasteiger partial charge in [-0.1, -0.05) is 32.3 Å². The zero-order valence-electron chi connectivity index (χ0n) is 11.6. The molecule has 1 aliphatic heterocycles. The van der Waals surface area contributed by atoms with Gasteiger partial charge in [-0.05, 0) is 30.2 Å². The number of nitrogens with two attached hydrogens (primary N) is 1. The van der Waals surface area contributed by atoms with Crippen molar-refractivity contribution in [3.05, 3.63) is 22.4 Å². The van der Waals surface area contributed by atoms with E-state index < -0.39 is 0 Å². The van der Waals surface area contributed by atoms with Crippen LogP contribution in [-0.4, -0.2) is 22.9 Å². The average molecular weight is 277 g/mol. The van der Waals surface area contributed by atoms with Crippen molar-refractivity contribution in [1.29, 1.82) is 0 Å². The van der Waals surface area contributed by atoms with E-state index >= 15 is 0 Å². The van der Waals surface area contributed by atoms with Gasteiger partial charge in [0.1, 0.15) is 0 Å². The van der Waals surface area contributed by atoms with Crippen LogP contribution in [0.25, 0.3) is 0 Å². The Kier molecular flexibility index (Phi) is 3.52. The second kappa shape index (κ2) is 5.16. The summed E-state index contributed by atoms with van der Waals surface area (Å²) in [4.78, 5) is 8.40. The van der Waals surface area contributed by atoms with E-state index in [0.717, 1.165) is 25.0 Å². The average Bonchev–Trinajstić information content (AvgIpc) is 3.04. The highest BCUT2D eigenvalue weighted by molar-refractivity contribution is 7.09. The van der Waals surface area contributed by atoms with Gasteiger partial charge in [-0.15, -0.1) is 11.3 Å². The normalized spacial score (nSPS) is 30.9. The fraction of sp³-hybridized carbons (Fsp3) is 0.667. The molecule has 2 aliphatic rings. The van der Waals surface area contributed by atoms with Crippen molar-refractivity contribution in [2.45, 2.75) is 51.1 Å². The molecule has 1 spiro atoms. The van der Waals surface area contributed by atoms with Crippen molar-refractivity contribution in [3.8, 4) is 0 Å². The molecule has 2 unspecified atom stereocenters. The first-order valence-corrected chi connectivity index (χ1v) is 8.24. The summed E-state index contributed by atoms with van der Waals surface area (Å²) in [5.74, 6) is 1.50. The van der Waals surface area contributed by atoms with Gasteiger partial charge in [0.15, 0.2) is 5.96 Å². The molecule has 104 valence electrons. The molecule has 3 rings (SSSR count). The highest BCUT2D eigenvalue weighted by atomic mass is 32.1. The maximum atomic E-state index is 6.20. The lowest BCUT2D eigenvalue weighted by atomic mass is 9.71. The first-order chi connectivity index (χ1) is 9.26. The van der Waals surface area contributed by atoms with Gasteiger partial charge in [-0.3, -0.25) is 4.99 Å². The van der Waals surface area contributed by atoms with E-state index in [-0.39, 0.29) is 5.54 Å². The van der Waals surface area contributed by atoms with E-state index in [1.165, 1.54) is 37.0 Å². The fourth-order valence-corrected chi connectivity index (χ4v) is 4.55. The van der Waals surface area contributed by atoms with E-state index in [9.17, 15) is 0 Å². The highest BCUT2D eigenvalue weighted by Crippen LogP contribution is 2.43. The standard InChI is InChI=1S/C15H23N3S/c1-2-12-6-3-4-8-15(12)11-17-14(16)18(15)10-13-7-5-9-19-13/h5,7,9,12H,2-4,6,8,10-11H2,1H3,(H2,16,17). The van der Waals surface area contributed by atoms with Crippen LogP contribution in [0, 0.1) is 5.92 Å². The third-order valence-corrected chi connectivity index (χ3v) is 5.75. The third-order valence-electron chi connectivity index (χ3n) is 4.89. The molecule has 4 heteroatoms. The van der Waals surface area contributed by atoms with Crippen molar-refractivity contribution in [2.24, 2.45) is 16.6 Å². The highest BCUT2D eigenvalue weighted by Gasteiger charge is 2.48. The van der Waals surface area contributed by atoms with Gasteiger partial charge >= 0.3 is 0 Å². The molecule has 0 bridgehead atoms. The summed E-state index contributed by atoms with van der Waals surface area (Å²) in [6.07, 6.45) is 6.51. The Labute approximate surface area is 119 Å². The molecule has 19 heavy (non-hydrogen) atoms. The van der Waals surface area contributed by atoms with Gasteiger partial charge < -0.3 is 10.6 Å². The minimum absolute atomic E-state index is 0.209. The summed E-state index contributed by atoms with van der Waals surface area (Å²) < 4.78 is 0. The SMILES string of the molecule is CCC1CCCCC12CN=C(N)N2Cc1cccs1. The van der Waals surface area contributed by atoms with Crippen molar-refractivity contribution in [3.63, 3.8) is 0 Å². The Morgan fingerprint density at radius 3 is 3.16 bits per heavy atom. The Hall–Kier alpha value is -1.03. The van der Waals surface area contributed by atoms with Crippen LogP contribution in [0.15, 0.2) is 22.5 Å². The summed E-state index contributed by atoms with van der Waals surface area (Å²) >= 11 is 1.82. The maximum absolute atomic E-state index is 6.20. The van der Waals surface area contributed by atoms with Crippen LogP contribution in [0.2, 0.25) is 0 Å². The zero-order chi connectivity index (χ0) is 13.3. The quantitative estimate of drug-likeness (QED) is 0.921. The molecule has 0 aromatic carbocycles. The largest absolute Gasteiger partial charge is 0.370 e. The van der Waals surface area contributed by atoms with E-state index in [2.05, 4.69) is 34.3 Å². The van der Waals surface area contributed by atoms with Crippen molar-refractivity contribution < 1.29 is 0 Å². The van der Waals surface area contributed by atoms with E-state index in [1.807, 2.05) is 11.3 Å². The zero-order valence-corrected chi connectivity index (χ0v) is 12.5. The van der Waals surface area contributed by atoms with Gasteiger partial charge in [0.2, 0.25) is 0 Å². The van der Waals surface area contributed by atoms with Crippen LogP contribution >= 0.6 is 11.3 Å². The number of nitrogens with zero attached hydrogens (tertiary/aromatic N) is 2. The van der Waals surface area contributed by atoms with Crippen molar-refractivity contribution in [1.82, 2.24) is 4.90 Å². The molecular formula is C15H23N3S. The maximum Gasteiger partial charge on any atom is 0.192 e. The first-order valence-electron chi connectivity index (χ1n) is 7.36. The number of rotatable bonds is 3. The van der Waals surface area contributed by atoms with Gasteiger partial charge in [-0.2, -0.15) is 0 Å². The molecule has 1 aromatic heterocycles. The van der Waals surface area contributed by atoms with Crippen LogP contribution in [0.1, 0.15) is 43.9 Å². The molecule has 0 amide bonds. The molecule has 1 saturated carbocycles. The lowest BCUT2D eigenvalue weighted by Crippen LogP contribution is -2.56. The number of thiophene rings is 1.